The molecule has 20 heavy (non-hydrogen) atoms. The number of nitrogens with one attached hydrogen (secondary N) is 1. The van der Waals surface area contributed by atoms with E-state index in [-0.39, 0.29) is 16.1 Å². The van der Waals surface area contributed by atoms with Gasteiger partial charge in [-0.05, 0) is 32.8 Å². The van der Waals surface area contributed by atoms with Crippen LogP contribution in [0.4, 0.5) is 17.1 Å². The Morgan fingerprint density at radius 2 is 1.95 bits per heavy atom. The lowest BCUT2D eigenvalue weighted by atomic mass is 9.99. The molecule has 0 saturated heterocycles. The van der Waals surface area contributed by atoms with Gasteiger partial charge in [0, 0.05) is 42.6 Å². The number of nitrogens with zero attached hydrogens (tertiary/aromatic N) is 2. The maximum Gasteiger partial charge on any atom is 0.273 e. The number of benzene rings is 1. The second-order valence-corrected chi connectivity index (χ2v) is 5.65. The Morgan fingerprint density at radius 1 is 1.30 bits per heavy atom. The highest BCUT2D eigenvalue weighted by molar-refractivity contribution is 5.65. The van der Waals surface area contributed by atoms with Gasteiger partial charge in [0.25, 0.3) is 5.69 Å². The van der Waals surface area contributed by atoms with E-state index in [9.17, 15) is 10.1 Å². The largest absolute Gasteiger partial charge is 0.385 e. The molecule has 5 nitrogen and oxygen atoms in total. The van der Waals surface area contributed by atoms with Crippen LogP contribution in [0.2, 0.25) is 0 Å². The van der Waals surface area contributed by atoms with Crippen LogP contribution < -0.4 is 10.2 Å². The molecule has 0 saturated carbocycles. The summed E-state index contributed by atoms with van der Waals surface area (Å²) in [6.45, 7) is 9.25. The molecule has 1 N–H and O–H groups in total. The monoisotopic (exact) mass is 279 g/mol. The molecule has 1 aromatic rings. The van der Waals surface area contributed by atoms with Gasteiger partial charge in [0.05, 0.1) is 4.92 Å². The van der Waals surface area contributed by atoms with Gasteiger partial charge in [-0.15, -0.1) is 0 Å². The molecule has 0 aromatic heterocycles. The van der Waals surface area contributed by atoms with Gasteiger partial charge in [-0.3, -0.25) is 10.1 Å². The summed E-state index contributed by atoms with van der Waals surface area (Å²) in [5.74, 6) is 0. The van der Waals surface area contributed by atoms with Gasteiger partial charge in [0.1, 0.15) is 0 Å². The predicted molar refractivity (Wildman–Crippen MR) is 84.7 cm³/mol. The van der Waals surface area contributed by atoms with Crippen molar-refractivity contribution in [3.8, 4) is 0 Å². The molecule has 0 aliphatic heterocycles. The van der Waals surface area contributed by atoms with Crippen molar-refractivity contribution in [1.29, 1.82) is 0 Å². The first-order chi connectivity index (χ1) is 9.31. The van der Waals surface area contributed by atoms with E-state index in [0.29, 0.717) is 0 Å². The lowest BCUT2D eigenvalue weighted by Gasteiger charge is -2.36. The maximum atomic E-state index is 11.1. The molecule has 1 rings (SSSR count). The van der Waals surface area contributed by atoms with Crippen LogP contribution >= 0.6 is 0 Å². The lowest BCUT2D eigenvalue weighted by molar-refractivity contribution is -0.384. The molecule has 0 amide bonds. The summed E-state index contributed by atoms with van der Waals surface area (Å²) in [6.07, 6.45) is 1.94. The quantitative estimate of drug-likeness (QED) is 0.604. The molecular weight excluding hydrogens is 254 g/mol. The first kappa shape index (κ1) is 16.3. The zero-order chi connectivity index (χ0) is 15.3. The fraction of sp³-hybridized carbons (Fsp3) is 0.600. The average Bonchev–Trinajstić information content (AvgIpc) is 2.43. The molecule has 0 heterocycles. The molecule has 0 atom stereocenters. The van der Waals surface area contributed by atoms with E-state index in [1.54, 1.807) is 12.1 Å². The van der Waals surface area contributed by atoms with E-state index < -0.39 is 0 Å². The molecular formula is C15H25N3O2. The number of rotatable bonds is 7. The minimum absolute atomic E-state index is 0.0444. The van der Waals surface area contributed by atoms with Crippen molar-refractivity contribution in [3.63, 3.8) is 0 Å². The van der Waals surface area contributed by atoms with Crippen LogP contribution in [-0.4, -0.2) is 24.1 Å². The number of nitro benzene ring substituents is 1. The standard InChI is InChI=1S/C15H25N3O2/c1-6-8-16-12-9-13(11-14(10-12)18(19)20)17(5)15(3,4)7-2/h9-11,16H,6-8H2,1-5H3. The molecule has 0 spiro atoms. The Bertz CT molecular complexity index is 472. The van der Waals surface area contributed by atoms with Crippen molar-refractivity contribution in [2.75, 3.05) is 23.8 Å². The summed E-state index contributed by atoms with van der Waals surface area (Å²) in [5, 5.41) is 14.3. The molecule has 0 bridgehead atoms. The Kier molecular flexibility index (Phi) is 5.36. The third-order valence-electron chi connectivity index (χ3n) is 3.85. The summed E-state index contributed by atoms with van der Waals surface area (Å²) in [5.41, 5.74) is 1.75. The van der Waals surface area contributed by atoms with Crippen molar-refractivity contribution in [3.05, 3.63) is 28.3 Å². The SMILES string of the molecule is CCCNc1cc(N(C)C(C)(C)CC)cc([N+](=O)[O-])c1. The van der Waals surface area contributed by atoms with Crippen LogP contribution in [0.25, 0.3) is 0 Å². The maximum absolute atomic E-state index is 11.1. The molecule has 1 aromatic carbocycles. The van der Waals surface area contributed by atoms with Crippen LogP contribution in [0.1, 0.15) is 40.5 Å². The lowest BCUT2D eigenvalue weighted by Crippen LogP contribution is -2.40. The van der Waals surface area contributed by atoms with Crippen molar-refractivity contribution < 1.29 is 4.92 Å². The van der Waals surface area contributed by atoms with Crippen LogP contribution in [0.3, 0.4) is 0 Å². The number of nitro groups is 1. The molecule has 5 heteroatoms. The number of hydrogen-bond acceptors (Lipinski definition) is 4. The summed E-state index contributed by atoms with van der Waals surface area (Å²) in [7, 11) is 1.98. The van der Waals surface area contributed by atoms with Gasteiger partial charge in [-0.25, -0.2) is 0 Å². The van der Waals surface area contributed by atoms with Crippen LogP contribution in [0.5, 0.6) is 0 Å². The highest BCUT2D eigenvalue weighted by Crippen LogP contribution is 2.31. The van der Waals surface area contributed by atoms with Gasteiger partial charge < -0.3 is 10.2 Å². The minimum Gasteiger partial charge on any atom is -0.385 e. The second-order valence-electron chi connectivity index (χ2n) is 5.65. The van der Waals surface area contributed by atoms with Crippen LogP contribution in [0.15, 0.2) is 18.2 Å². The Balaban J connectivity index is 3.17. The molecule has 0 radical (unpaired) electrons. The summed E-state index contributed by atoms with van der Waals surface area (Å²) in [4.78, 5) is 12.8. The van der Waals surface area contributed by atoms with E-state index in [0.717, 1.165) is 30.8 Å². The normalized spacial score (nSPS) is 11.2. The van der Waals surface area contributed by atoms with Crippen LogP contribution in [-0.2, 0) is 0 Å². The summed E-state index contributed by atoms with van der Waals surface area (Å²) in [6, 6.07) is 5.19. The third-order valence-corrected chi connectivity index (χ3v) is 3.85. The van der Waals surface area contributed by atoms with Crippen molar-refractivity contribution in [2.24, 2.45) is 0 Å². The van der Waals surface area contributed by atoms with Crippen molar-refractivity contribution in [1.82, 2.24) is 0 Å². The molecule has 0 unspecified atom stereocenters. The average molecular weight is 279 g/mol. The van der Waals surface area contributed by atoms with Crippen molar-refractivity contribution in [2.45, 2.75) is 46.1 Å². The van der Waals surface area contributed by atoms with E-state index in [2.05, 4.69) is 37.9 Å². The molecule has 112 valence electrons. The number of non-ortho nitro benzene ring substituents is 1. The van der Waals surface area contributed by atoms with Gasteiger partial charge >= 0.3 is 0 Å². The molecule has 0 fully saturated rings. The Morgan fingerprint density at radius 3 is 2.45 bits per heavy atom. The number of anilines is 2. The Hall–Kier alpha value is -1.78. The predicted octanol–water partition coefficient (Wildman–Crippen LogP) is 4.04. The van der Waals surface area contributed by atoms with E-state index >= 15 is 0 Å². The fourth-order valence-corrected chi connectivity index (χ4v) is 1.85. The van der Waals surface area contributed by atoms with Crippen LogP contribution in [0, 0.1) is 10.1 Å². The third kappa shape index (κ3) is 3.85. The smallest absolute Gasteiger partial charge is 0.273 e. The number of hydrogen-bond donors (Lipinski definition) is 1. The van der Waals surface area contributed by atoms with Gasteiger partial charge in [0.2, 0.25) is 0 Å². The van der Waals surface area contributed by atoms with Gasteiger partial charge in [0.15, 0.2) is 0 Å². The first-order valence-corrected chi connectivity index (χ1v) is 7.09. The fourth-order valence-electron chi connectivity index (χ4n) is 1.85. The molecule has 0 aliphatic carbocycles. The van der Waals surface area contributed by atoms with Gasteiger partial charge in [-0.1, -0.05) is 13.8 Å². The second kappa shape index (κ2) is 6.59. The van der Waals surface area contributed by atoms with E-state index in [1.165, 1.54) is 0 Å². The van der Waals surface area contributed by atoms with E-state index in [1.807, 2.05) is 13.1 Å². The Labute approximate surface area is 121 Å². The minimum atomic E-state index is -0.340. The topological polar surface area (TPSA) is 58.4 Å². The zero-order valence-corrected chi connectivity index (χ0v) is 13.1. The van der Waals surface area contributed by atoms with Crippen molar-refractivity contribution >= 4 is 17.1 Å². The van der Waals surface area contributed by atoms with E-state index in [4.69, 9.17) is 0 Å². The summed E-state index contributed by atoms with van der Waals surface area (Å²) < 4.78 is 0. The zero-order valence-electron chi connectivity index (χ0n) is 13.1. The molecule has 0 aliphatic rings. The summed E-state index contributed by atoms with van der Waals surface area (Å²) >= 11 is 0. The first-order valence-electron chi connectivity index (χ1n) is 7.09. The van der Waals surface area contributed by atoms with Gasteiger partial charge in [-0.2, -0.15) is 0 Å². The highest BCUT2D eigenvalue weighted by atomic mass is 16.6. The highest BCUT2D eigenvalue weighted by Gasteiger charge is 2.23.